The summed E-state index contributed by atoms with van der Waals surface area (Å²) in [5.74, 6) is 2.96. The lowest BCUT2D eigenvalue weighted by Gasteiger charge is -2.30. The zero-order chi connectivity index (χ0) is 18.2. The van der Waals surface area contributed by atoms with E-state index in [1.54, 1.807) is 0 Å². The average Bonchev–Trinajstić information content (AvgIpc) is 3.36. The molecule has 1 saturated carbocycles. The predicted molar refractivity (Wildman–Crippen MR) is 119 cm³/mol. The average molecular weight is 490 g/mol. The van der Waals surface area contributed by atoms with Gasteiger partial charge in [-0.1, -0.05) is 12.8 Å². The molecule has 0 saturated heterocycles. The van der Waals surface area contributed by atoms with Gasteiger partial charge in [0.2, 0.25) is 0 Å². The fourth-order valence-corrected chi connectivity index (χ4v) is 4.16. The summed E-state index contributed by atoms with van der Waals surface area (Å²) in [5.41, 5.74) is 0.349. The van der Waals surface area contributed by atoms with E-state index in [9.17, 15) is 0 Å². The number of ether oxygens (including phenoxy) is 1. The lowest BCUT2D eigenvalue weighted by Crippen LogP contribution is -2.43. The molecule has 0 unspecified atom stereocenters. The van der Waals surface area contributed by atoms with Crippen LogP contribution in [0.1, 0.15) is 64.0 Å². The van der Waals surface area contributed by atoms with Crippen LogP contribution in [0.25, 0.3) is 0 Å². The fraction of sp³-hybridized carbons (Fsp3) is 0.842. The van der Waals surface area contributed by atoms with Gasteiger partial charge in [0.25, 0.3) is 0 Å². The molecule has 0 aromatic carbocycles. The van der Waals surface area contributed by atoms with Gasteiger partial charge in [-0.2, -0.15) is 0 Å². The van der Waals surface area contributed by atoms with Crippen molar-refractivity contribution in [3.05, 3.63) is 11.6 Å². The maximum absolute atomic E-state index is 5.62. The Balaban J connectivity index is 0.00000261. The molecule has 1 fully saturated rings. The molecule has 27 heavy (non-hydrogen) atoms. The Hall–Kier alpha value is -0.900. The van der Waals surface area contributed by atoms with Crippen LogP contribution in [0.15, 0.2) is 4.99 Å². The first kappa shape index (κ1) is 22.4. The van der Waals surface area contributed by atoms with Crippen molar-refractivity contribution in [1.82, 2.24) is 25.4 Å². The third-order valence-electron chi connectivity index (χ3n) is 5.68. The van der Waals surface area contributed by atoms with Crippen molar-refractivity contribution in [1.29, 1.82) is 0 Å². The van der Waals surface area contributed by atoms with Crippen molar-refractivity contribution >= 4 is 29.9 Å². The highest BCUT2D eigenvalue weighted by Crippen LogP contribution is 2.40. The third kappa shape index (κ3) is 6.04. The molecule has 0 bridgehead atoms. The second-order valence-corrected chi connectivity index (χ2v) is 7.49. The number of nitrogens with one attached hydrogen (secondary N) is 2. The Labute approximate surface area is 180 Å². The van der Waals surface area contributed by atoms with Gasteiger partial charge in [0.15, 0.2) is 11.8 Å². The Bertz CT molecular complexity index is 597. The molecule has 154 valence electrons. The molecule has 0 atom stereocenters. The van der Waals surface area contributed by atoms with Crippen LogP contribution >= 0.6 is 24.0 Å². The minimum atomic E-state index is 0. The molecular weight excluding hydrogens is 455 g/mol. The molecule has 7 nitrogen and oxygen atoms in total. The van der Waals surface area contributed by atoms with E-state index < -0.39 is 0 Å². The summed E-state index contributed by atoms with van der Waals surface area (Å²) in [6.45, 7) is 9.25. The van der Waals surface area contributed by atoms with Gasteiger partial charge in [-0.3, -0.25) is 0 Å². The Morgan fingerprint density at radius 1 is 1.19 bits per heavy atom. The highest BCUT2D eigenvalue weighted by molar-refractivity contribution is 14.0. The smallest absolute Gasteiger partial charge is 0.191 e. The molecule has 2 N–H and O–H groups in total. The van der Waals surface area contributed by atoms with E-state index in [0.29, 0.717) is 12.0 Å². The van der Waals surface area contributed by atoms with E-state index in [4.69, 9.17) is 9.73 Å². The molecule has 2 heterocycles. The number of halogens is 1. The van der Waals surface area contributed by atoms with Crippen LogP contribution in [-0.2, 0) is 24.2 Å². The van der Waals surface area contributed by atoms with Crippen LogP contribution in [0.2, 0.25) is 0 Å². The molecule has 8 heteroatoms. The minimum Gasteiger partial charge on any atom is -0.382 e. The summed E-state index contributed by atoms with van der Waals surface area (Å²) in [5, 5.41) is 15.5. The summed E-state index contributed by atoms with van der Waals surface area (Å²) in [6, 6.07) is 0. The van der Waals surface area contributed by atoms with E-state index in [0.717, 1.165) is 63.3 Å². The minimum absolute atomic E-state index is 0. The van der Waals surface area contributed by atoms with Crippen LogP contribution < -0.4 is 10.6 Å². The lowest BCUT2D eigenvalue weighted by molar-refractivity contribution is 0.105. The summed E-state index contributed by atoms with van der Waals surface area (Å²) in [4.78, 5) is 4.76. The van der Waals surface area contributed by atoms with Gasteiger partial charge in [-0.25, -0.2) is 4.99 Å². The molecular formula is C19H35IN6O. The zero-order valence-electron chi connectivity index (χ0n) is 16.8. The molecule has 3 rings (SSSR count). The standard InChI is InChI=1S/C19H34N6O.HI/c1-3-20-18(21-14-17-24-23-16-8-7-12-25(16)17)22-15-19(9-5-6-10-19)11-13-26-4-2;/h3-15H2,1-2H3,(H2,20,21,22);1H. The first-order valence-corrected chi connectivity index (χ1v) is 10.3. The van der Waals surface area contributed by atoms with Gasteiger partial charge in [0.05, 0.1) is 0 Å². The summed E-state index contributed by atoms with van der Waals surface area (Å²) in [6.07, 6.45) is 8.56. The highest BCUT2D eigenvalue weighted by atomic mass is 127. The number of hydrogen-bond acceptors (Lipinski definition) is 4. The molecule has 2 aliphatic rings. The fourth-order valence-electron chi connectivity index (χ4n) is 4.16. The third-order valence-corrected chi connectivity index (χ3v) is 5.68. The van der Waals surface area contributed by atoms with Crippen molar-refractivity contribution in [2.75, 3.05) is 26.3 Å². The second-order valence-electron chi connectivity index (χ2n) is 7.49. The molecule has 1 aromatic heterocycles. The summed E-state index contributed by atoms with van der Waals surface area (Å²) < 4.78 is 7.84. The van der Waals surface area contributed by atoms with Gasteiger partial charge in [-0.15, -0.1) is 34.2 Å². The topological polar surface area (TPSA) is 76.4 Å². The maximum atomic E-state index is 5.62. The molecule has 0 radical (unpaired) electrons. The quantitative estimate of drug-likeness (QED) is 0.241. The van der Waals surface area contributed by atoms with Crippen molar-refractivity contribution in [2.24, 2.45) is 10.4 Å². The summed E-state index contributed by atoms with van der Waals surface area (Å²) in [7, 11) is 0. The highest BCUT2D eigenvalue weighted by Gasteiger charge is 2.33. The number of aryl methyl sites for hydroxylation is 1. The number of aliphatic imine (C=N–C) groups is 1. The molecule has 1 aliphatic carbocycles. The number of aromatic nitrogens is 3. The zero-order valence-corrected chi connectivity index (χ0v) is 19.1. The number of guanidine groups is 1. The number of fused-ring (bicyclic) bond motifs is 1. The van der Waals surface area contributed by atoms with Crippen molar-refractivity contribution in [3.8, 4) is 0 Å². The largest absolute Gasteiger partial charge is 0.382 e. The van der Waals surface area contributed by atoms with E-state index in [2.05, 4.69) is 39.2 Å². The van der Waals surface area contributed by atoms with Crippen LogP contribution in [-0.4, -0.2) is 47.0 Å². The Morgan fingerprint density at radius 3 is 2.74 bits per heavy atom. The van der Waals surface area contributed by atoms with Crippen LogP contribution in [0, 0.1) is 5.41 Å². The predicted octanol–water partition coefficient (Wildman–Crippen LogP) is 2.88. The Morgan fingerprint density at radius 2 is 2.00 bits per heavy atom. The van der Waals surface area contributed by atoms with Gasteiger partial charge >= 0.3 is 0 Å². The SMILES string of the molecule is CCNC(=NCc1nnc2n1CCC2)NCC1(CCOCC)CCCC1.I. The second kappa shape index (κ2) is 11.2. The van der Waals surface area contributed by atoms with Crippen LogP contribution in [0.3, 0.4) is 0 Å². The van der Waals surface area contributed by atoms with Crippen molar-refractivity contribution in [3.63, 3.8) is 0 Å². The molecule has 0 spiro atoms. The summed E-state index contributed by atoms with van der Waals surface area (Å²) >= 11 is 0. The molecule has 1 aromatic rings. The maximum Gasteiger partial charge on any atom is 0.191 e. The van der Waals surface area contributed by atoms with Gasteiger partial charge in [-0.05, 0) is 44.9 Å². The van der Waals surface area contributed by atoms with Crippen molar-refractivity contribution in [2.45, 2.75) is 71.9 Å². The molecule has 0 amide bonds. The van der Waals surface area contributed by atoms with Gasteiger partial charge in [0.1, 0.15) is 12.4 Å². The number of nitrogens with zero attached hydrogens (tertiary/aromatic N) is 4. The van der Waals surface area contributed by atoms with E-state index in [1.807, 2.05) is 0 Å². The normalized spacial score (nSPS) is 18.2. The van der Waals surface area contributed by atoms with Crippen LogP contribution in [0.5, 0.6) is 0 Å². The Kier molecular flexibility index (Phi) is 9.28. The van der Waals surface area contributed by atoms with Crippen LogP contribution in [0.4, 0.5) is 0 Å². The number of hydrogen-bond donors (Lipinski definition) is 2. The molecule has 1 aliphatic heterocycles. The van der Waals surface area contributed by atoms with E-state index in [1.165, 1.54) is 32.1 Å². The lowest BCUT2D eigenvalue weighted by atomic mass is 9.83. The first-order chi connectivity index (χ1) is 12.8. The van der Waals surface area contributed by atoms with E-state index in [-0.39, 0.29) is 24.0 Å². The van der Waals surface area contributed by atoms with E-state index >= 15 is 0 Å². The number of rotatable bonds is 9. The van der Waals surface area contributed by atoms with Crippen molar-refractivity contribution < 1.29 is 4.74 Å². The van der Waals surface area contributed by atoms with Gasteiger partial charge in [0, 0.05) is 39.3 Å². The first-order valence-electron chi connectivity index (χ1n) is 10.3. The van der Waals surface area contributed by atoms with Gasteiger partial charge < -0.3 is 19.9 Å². The monoisotopic (exact) mass is 490 g/mol.